The van der Waals surface area contributed by atoms with E-state index < -0.39 is 4.92 Å². The van der Waals surface area contributed by atoms with Crippen LogP contribution in [0.2, 0.25) is 0 Å². The van der Waals surface area contributed by atoms with E-state index in [0.717, 1.165) is 6.54 Å². The second-order valence-electron chi connectivity index (χ2n) is 3.60. The highest BCUT2D eigenvalue weighted by Gasteiger charge is 2.24. The fourth-order valence-corrected chi connectivity index (χ4v) is 1.59. The summed E-state index contributed by atoms with van der Waals surface area (Å²) in [6, 6.07) is 0.110. The fourth-order valence-electron chi connectivity index (χ4n) is 1.59. The summed E-state index contributed by atoms with van der Waals surface area (Å²) in [4.78, 5) is 18.2. The zero-order chi connectivity index (χ0) is 12.8. The Balaban J connectivity index is 3.02. The predicted octanol–water partition coefficient (Wildman–Crippen LogP) is 0.934. The standard InChI is InChI=1S/C10H16N4O3/c1-4-11-7(2)5-8-9(14(15)16)10(17-3)13-6-12-8/h6-7,11H,4-5H2,1-3H3. The molecule has 94 valence electrons. The lowest BCUT2D eigenvalue weighted by Gasteiger charge is -2.11. The summed E-state index contributed by atoms with van der Waals surface area (Å²) >= 11 is 0. The van der Waals surface area contributed by atoms with E-state index in [1.54, 1.807) is 0 Å². The van der Waals surface area contributed by atoms with Crippen molar-refractivity contribution in [3.05, 3.63) is 22.1 Å². The molecule has 0 aliphatic heterocycles. The zero-order valence-electron chi connectivity index (χ0n) is 10.1. The van der Waals surface area contributed by atoms with Crippen molar-refractivity contribution in [1.29, 1.82) is 0 Å². The molecule has 0 fully saturated rings. The van der Waals surface area contributed by atoms with Gasteiger partial charge in [-0.05, 0) is 13.5 Å². The van der Waals surface area contributed by atoms with Crippen molar-refractivity contribution in [1.82, 2.24) is 15.3 Å². The van der Waals surface area contributed by atoms with Crippen LogP contribution >= 0.6 is 0 Å². The van der Waals surface area contributed by atoms with Crippen LogP contribution in [0.3, 0.4) is 0 Å². The first kappa shape index (κ1) is 13.3. The molecule has 0 aromatic carbocycles. The van der Waals surface area contributed by atoms with Gasteiger partial charge in [0.2, 0.25) is 0 Å². The highest BCUT2D eigenvalue weighted by Crippen LogP contribution is 2.27. The molecular formula is C10H16N4O3. The van der Waals surface area contributed by atoms with E-state index in [1.807, 2.05) is 13.8 Å². The minimum atomic E-state index is -0.507. The minimum absolute atomic E-state index is 0.00342. The first-order valence-corrected chi connectivity index (χ1v) is 5.35. The van der Waals surface area contributed by atoms with Gasteiger partial charge in [-0.25, -0.2) is 4.98 Å². The molecule has 1 rings (SSSR count). The van der Waals surface area contributed by atoms with E-state index in [4.69, 9.17) is 4.74 Å². The summed E-state index contributed by atoms with van der Waals surface area (Å²) in [5.74, 6) is 0.00342. The molecule has 0 bridgehead atoms. The molecule has 7 heteroatoms. The maximum Gasteiger partial charge on any atom is 0.352 e. The minimum Gasteiger partial charge on any atom is -0.476 e. The molecule has 0 radical (unpaired) electrons. The van der Waals surface area contributed by atoms with Crippen molar-refractivity contribution in [3.8, 4) is 5.88 Å². The molecule has 0 aliphatic carbocycles. The maximum absolute atomic E-state index is 11.0. The Labute approximate surface area is 99.4 Å². The van der Waals surface area contributed by atoms with Gasteiger partial charge in [-0.3, -0.25) is 10.1 Å². The summed E-state index contributed by atoms with van der Waals surface area (Å²) in [5, 5.41) is 14.1. The average Bonchev–Trinajstić information content (AvgIpc) is 2.28. The van der Waals surface area contributed by atoms with Crippen molar-refractivity contribution in [2.45, 2.75) is 26.3 Å². The van der Waals surface area contributed by atoms with Gasteiger partial charge in [-0.1, -0.05) is 6.92 Å². The van der Waals surface area contributed by atoms with Crippen LogP contribution in [0.25, 0.3) is 0 Å². The number of aromatic nitrogens is 2. The second-order valence-corrected chi connectivity index (χ2v) is 3.60. The van der Waals surface area contributed by atoms with E-state index in [1.165, 1.54) is 13.4 Å². The summed E-state index contributed by atoms with van der Waals surface area (Å²) in [7, 11) is 1.35. The van der Waals surface area contributed by atoms with Gasteiger partial charge in [0.25, 0.3) is 5.88 Å². The Morgan fingerprint density at radius 3 is 2.82 bits per heavy atom. The SMILES string of the molecule is CCNC(C)Cc1ncnc(OC)c1[N+](=O)[O-]. The topological polar surface area (TPSA) is 90.2 Å². The second kappa shape index (κ2) is 6.09. The zero-order valence-corrected chi connectivity index (χ0v) is 10.1. The van der Waals surface area contributed by atoms with Crippen LogP contribution in [0.1, 0.15) is 19.5 Å². The van der Waals surface area contributed by atoms with Crippen LogP contribution in [0, 0.1) is 10.1 Å². The molecular weight excluding hydrogens is 224 g/mol. The molecule has 7 nitrogen and oxygen atoms in total. The number of methoxy groups -OCH3 is 1. The Bertz CT molecular complexity index is 397. The van der Waals surface area contributed by atoms with Gasteiger partial charge in [-0.15, -0.1) is 0 Å². The number of hydrogen-bond acceptors (Lipinski definition) is 6. The molecule has 0 amide bonds. The largest absolute Gasteiger partial charge is 0.476 e. The van der Waals surface area contributed by atoms with Gasteiger partial charge in [0.1, 0.15) is 12.0 Å². The monoisotopic (exact) mass is 240 g/mol. The van der Waals surface area contributed by atoms with Gasteiger partial charge >= 0.3 is 5.69 Å². The van der Waals surface area contributed by atoms with Crippen LogP contribution in [-0.4, -0.2) is 34.6 Å². The van der Waals surface area contributed by atoms with E-state index in [-0.39, 0.29) is 17.6 Å². The van der Waals surface area contributed by atoms with E-state index in [9.17, 15) is 10.1 Å². The van der Waals surface area contributed by atoms with Crippen LogP contribution < -0.4 is 10.1 Å². The van der Waals surface area contributed by atoms with Gasteiger partial charge in [-0.2, -0.15) is 4.98 Å². The van der Waals surface area contributed by atoms with Gasteiger partial charge in [0.15, 0.2) is 0 Å². The molecule has 1 aromatic rings. The third-order valence-electron chi connectivity index (χ3n) is 2.29. The van der Waals surface area contributed by atoms with Crippen molar-refractivity contribution in [2.24, 2.45) is 0 Å². The Kier molecular flexibility index (Phi) is 4.77. The van der Waals surface area contributed by atoms with Crippen molar-refractivity contribution in [3.63, 3.8) is 0 Å². The number of hydrogen-bond donors (Lipinski definition) is 1. The number of nitro groups is 1. The normalized spacial score (nSPS) is 12.2. The van der Waals surface area contributed by atoms with Crippen molar-refractivity contribution < 1.29 is 9.66 Å². The lowest BCUT2D eigenvalue weighted by molar-refractivity contribution is -0.387. The highest BCUT2D eigenvalue weighted by atomic mass is 16.6. The van der Waals surface area contributed by atoms with E-state index in [2.05, 4.69) is 15.3 Å². The lowest BCUT2D eigenvalue weighted by Crippen LogP contribution is -2.28. The third-order valence-corrected chi connectivity index (χ3v) is 2.29. The molecule has 0 saturated heterocycles. The molecule has 1 N–H and O–H groups in total. The number of rotatable bonds is 6. The van der Waals surface area contributed by atoms with Gasteiger partial charge < -0.3 is 10.1 Å². The van der Waals surface area contributed by atoms with Gasteiger partial charge in [0.05, 0.1) is 12.0 Å². The molecule has 1 aromatic heterocycles. The molecule has 0 spiro atoms. The molecule has 0 saturated carbocycles. The quantitative estimate of drug-likeness (QED) is 0.587. The van der Waals surface area contributed by atoms with Crippen LogP contribution in [0.15, 0.2) is 6.33 Å². The smallest absolute Gasteiger partial charge is 0.352 e. The molecule has 0 aliphatic rings. The van der Waals surface area contributed by atoms with Crippen molar-refractivity contribution >= 4 is 5.69 Å². The highest BCUT2D eigenvalue weighted by molar-refractivity contribution is 5.44. The first-order valence-electron chi connectivity index (χ1n) is 5.35. The Morgan fingerprint density at radius 2 is 2.29 bits per heavy atom. The summed E-state index contributed by atoms with van der Waals surface area (Å²) < 4.78 is 4.88. The van der Waals surface area contributed by atoms with Crippen LogP contribution in [-0.2, 0) is 6.42 Å². The Morgan fingerprint density at radius 1 is 1.59 bits per heavy atom. The molecule has 1 unspecified atom stereocenters. The number of nitrogens with one attached hydrogen (secondary N) is 1. The van der Waals surface area contributed by atoms with Crippen LogP contribution in [0.5, 0.6) is 5.88 Å². The van der Waals surface area contributed by atoms with Crippen LogP contribution in [0.4, 0.5) is 5.69 Å². The molecule has 17 heavy (non-hydrogen) atoms. The predicted molar refractivity (Wildman–Crippen MR) is 62.1 cm³/mol. The summed E-state index contributed by atoms with van der Waals surface area (Å²) in [5.41, 5.74) is 0.232. The number of nitrogens with zero attached hydrogens (tertiary/aromatic N) is 3. The third kappa shape index (κ3) is 3.35. The lowest BCUT2D eigenvalue weighted by atomic mass is 10.1. The summed E-state index contributed by atoms with van der Waals surface area (Å²) in [6.45, 7) is 4.73. The number of likely N-dealkylation sites (N-methyl/N-ethyl adjacent to an activating group) is 1. The van der Waals surface area contributed by atoms with E-state index in [0.29, 0.717) is 12.1 Å². The Hall–Kier alpha value is -1.76. The molecule has 1 heterocycles. The first-order chi connectivity index (χ1) is 8.10. The van der Waals surface area contributed by atoms with Gasteiger partial charge in [0, 0.05) is 12.5 Å². The van der Waals surface area contributed by atoms with E-state index >= 15 is 0 Å². The van der Waals surface area contributed by atoms with Crippen molar-refractivity contribution in [2.75, 3.05) is 13.7 Å². The number of ether oxygens (including phenoxy) is 1. The fraction of sp³-hybridized carbons (Fsp3) is 0.600. The average molecular weight is 240 g/mol. The summed E-state index contributed by atoms with van der Waals surface area (Å²) in [6.07, 6.45) is 1.74. The molecule has 1 atom stereocenters. The maximum atomic E-state index is 11.0.